The Balaban J connectivity index is 1.54. The molecule has 22 heavy (non-hydrogen) atoms. The maximum absolute atomic E-state index is 12.5. The molecule has 3 aliphatic rings. The molecule has 0 radical (unpaired) electrons. The molecule has 3 fully saturated rings. The van der Waals surface area contributed by atoms with E-state index in [0.717, 1.165) is 24.3 Å². The number of amides is 3. The summed E-state index contributed by atoms with van der Waals surface area (Å²) in [5.74, 6) is -0.791. The van der Waals surface area contributed by atoms with Gasteiger partial charge in [0.1, 0.15) is 0 Å². The standard InChI is InChI=1S/C16H15ClN2O3/c17-11-5-3-8(4-6-11)14(20)18-19-15(21)12-9-1-2-10(7-9)13(12)16(19)22/h3-6,9-10,12-13H,1-2,7H2,(H,18,20)/t9-,10-,12-,13+/m1/s1. The van der Waals surface area contributed by atoms with Gasteiger partial charge in [0.25, 0.3) is 17.7 Å². The summed E-state index contributed by atoms with van der Waals surface area (Å²) in [7, 11) is 0. The second-order valence-corrected chi connectivity index (χ2v) is 6.78. The van der Waals surface area contributed by atoms with Gasteiger partial charge in [-0.3, -0.25) is 19.8 Å². The highest BCUT2D eigenvalue weighted by atomic mass is 35.5. The van der Waals surface area contributed by atoms with Crippen molar-refractivity contribution in [3.8, 4) is 0 Å². The van der Waals surface area contributed by atoms with Gasteiger partial charge in [0, 0.05) is 10.6 Å². The first-order valence-corrected chi connectivity index (χ1v) is 7.88. The van der Waals surface area contributed by atoms with Crippen molar-refractivity contribution in [3.63, 3.8) is 0 Å². The summed E-state index contributed by atoms with van der Waals surface area (Å²) in [5.41, 5.74) is 2.83. The zero-order valence-corrected chi connectivity index (χ0v) is 12.5. The molecule has 2 aliphatic carbocycles. The van der Waals surface area contributed by atoms with Gasteiger partial charge in [0.15, 0.2) is 0 Å². The van der Waals surface area contributed by atoms with Crippen LogP contribution in [0.2, 0.25) is 5.02 Å². The van der Waals surface area contributed by atoms with Crippen LogP contribution in [-0.2, 0) is 9.59 Å². The van der Waals surface area contributed by atoms with Crippen molar-refractivity contribution < 1.29 is 14.4 Å². The number of rotatable bonds is 2. The molecule has 0 unspecified atom stereocenters. The molecule has 1 aromatic carbocycles. The average Bonchev–Trinajstić information content (AvgIpc) is 3.17. The third-order valence-electron chi connectivity index (χ3n) is 5.25. The largest absolute Gasteiger partial charge is 0.272 e. The summed E-state index contributed by atoms with van der Waals surface area (Å²) in [6.45, 7) is 0. The first-order valence-electron chi connectivity index (χ1n) is 7.50. The van der Waals surface area contributed by atoms with Crippen LogP contribution in [0.5, 0.6) is 0 Å². The van der Waals surface area contributed by atoms with Crippen molar-refractivity contribution >= 4 is 29.3 Å². The van der Waals surface area contributed by atoms with E-state index in [0.29, 0.717) is 22.4 Å². The lowest BCUT2D eigenvalue weighted by Gasteiger charge is -2.19. The zero-order chi connectivity index (χ0) is 15.4. The topological polar surface area (TPSA) is 66.5 Å². The van der Waals surface area contributed by atoms with E-state index in [-0.39, 0.29) is 23.7 Å². The molecule has 4 rings (SSSR count). The molecule has 3 amide bonds. The third-order valence-corrected chi connectivity index (χ3v) is 5.50. The van der Waals surface area contributed by atoms with Gasteiger partial charge in [-0.1, -0.05) is 11.6 Å². The summed E-state index contributed by atoms with van der Waals surface area (Å²) in [4.78, 5) is 37.2. The Morgan fingerprint density at radius 3 is 2.14 bits per heavy atom. The number of nitrogens with one attached hydrogen (secondary N) is 1. The number of nitrogens with zero attached hydrogens (tertiary/aromatic N) is 1. The number of hydrazine groups is 1. The fraction of sp³-hybridized carbons (Fsp3) is 0.438. The van der Waals surface area contributed by atoms with E-state index < -0.39 is 5.91 Å². The van der Waals surface area contributed by atoms with Gasteiger partial charge in [-0.05, 0) is 55.4 Å². The monoisotopic (exact) mass is 318 g/mol. The number of hydrogen-bond acceptors (Lipinski definition) is 3. The molecule has 114 valence electrons. The minimum absolute atomic E-state index is 0.225. The molecule has 4 atom stereocenters. The molecular weight excluding hydrogens is 304 g/mol. The van der Waals surface area contributed by atoms with E-state index in [2.05, 4.69) is 5.43 Å². The Morgan fingerprint density at radius 2 is 1.59 bits per heavy atom. The molecule has 1 aliphatic heterocycles. The molecule has 6 heteroatoms. The SMILES string of the molecule is O=C(NN1C(=O)[C@@H]2[C@@H]3CC[C@H](C3)[C@@H]2C1=O)c1ccc(Cl)cc1. The number of fused-ring (bicyclic) bond motifs is 5. The number of hydrogen-bond donors (Lipinski definition) is 1. The Labute approximate surface area is 132 Å². The van der Waals surface area contributed by atoms with Crippen LogP contribution in [-0.4, -0.2) is 22.7 Å². The lowest BCUT2D eigenvalue weighted by molar-refractivity contribution is -0.143. The summed E-state index contributed by atoms with van der Waals surface area (Å²) in [6.07, 6.45) is 3.01. The van der Waals surface area contributed by atoms with Gasteiger partial charge in [-0.15, -0.1) is 0 Å². The molecule has 1 saturated heterocycles. The smallest absolute Gasteiger partial charge is 0.270 e. The van der Waals surface area contributed by atoms with E-state index in [1.54, 1.807) is 24.3 Å². The van der Waals surface area contributed by atoms with Crippen LogP contribution in [0.3, 0.4) is 0 Å². The molecule has 1 heterocycles. The normalized spacial score (nSPS) is 32.5. The van der Waals surface area contributed by atoms with Gasteiger partial charge < -0.3 is 0 Å². The number of halogens is 1. The second kappa shape index (κ2) is 4.81. The fourth-order valence-corrected chi connectivity index (χ4v) is 4.41. The minimum Gasteiger partial charge on any atom is -0.272 e. The van der Waals surface area contributed by atoms with Crippen LogP contribution >= 0.6 is 11.6 Å². The Bertz CT molecular complexity index is 644. The lowest BCUT2D eigenvalue weighted by atomic mass is 9.81. The Kier molecular flexibility index (Phi) is 3.01. The molecule has 0 spiro atoms. The van der Waals surface area contributed by atoms with Gasteiger partial charge in [-0.2, -0.15) is 5.01 Å². The fourth-order valence-electron chi connectivity index (χ4n) is 4.29. The molecule has 0 aromatic heterocycles. The Morgan fingerprint density at radius 1 is 1.05 bits per heavy atom. The molecule has 1 N–H and O–H groups in total. The van der Waals surface area contributed by atoms with E-state index in [1.165, 1.54) is 0 Å². The second-order valence-electron chi connectivity index (χ2n) is 6.34. The van der Waals surface area contributed by atoms with Crippen LogP contribution in [0.4, 0.5) is 0 Å². The van der Waals surface area contributed by atoms with Crippen molar-refractivity contribution in [3.05, 3.63) is 34.9 Å². The van der Waals surface area contributed by atoms with E-state index >= 15 is 0 Å². The van der Waals surface area contributed by atoms with Crippen LogP contribution in [0.25, 0.3) is 0 Å². The van der Waals surface area contributed by atoms with Crippen LogP contribution in [0.15, 0.2) is 24.3 Å². The molecule has 5 nitrogen and oxygen atoms in total. The van der Waals surface area contributed by atoms with Gasteiger partial charge >= 0.3 is 0 Å². The maximum atomic E-state index is 12.5. The predicted molar refractivity (Wildman–Crippen MR) is 78.6 cm³/mol. The highest BCUT2D eigenvalue weighted by Crippen LogP contribution is 2.55. The van der Waals surface area contributed by atoms with Crippen LogP contribution < -0.4 is 5.43 Å². The number of carbonyl (C=O) groups excluding carboxylic acids is 3. The average molecular weight is 319 g/mol. The van der Waals surface area contributed by atoms with Crippen molar-refractivity contribution in [2.24, 2.45) is 23.7 Å². The van der Waals surface area contributed by atoms with Crippen LogP contribution in [0.1, 0.15) is 29.6 Å². The van der Waals surface area contributed by atoms with Gasteiger partial charge in [0.2, 0.25) is 0 Å². The summed E-state index contributed by atoms with van der Waals surface area (Å²) in [6, 6.07) is 6.32. The quantitative estimate of drug-likeness (QED) is 0.848. The molecular formula is C16H15ClN2O3. The summed E-state index contributed by atoms with van der Waals surface area (Å²) < 4.78 is 0. The van der Waals surface area contributed by atoms with Gasteiger partial charge in [-0.25, -0.2) is 0 Å². The highest BCUT2D eigenvalue weighted by Gasteiger charge is 2.61. The molecule has 2 saturated carbocycles. The van der Waals surface area contributed by atoms with Crippen molar-refractivity contribution in [1.29, 1.82) is 0 Å². The number of imide groups is 1. The third kappa shape index (κ3) is 1.88. The van der Waals surface area contributed by atoms with Crippen molar-refractivity contribution in [2.75, 3.05) is 0 Å². The van der Waals surface area contributed by atoms with Crippen LogP contribution in [0, 0.1) is 23.7 Å². The van der Waals surface area contributed by atoms with Gasteiger partial charge in [0.05, 0.1) is 11.8 Å². The minimum atomic E-state index is -0.467. The molecule has 1 aromatic rings. The molecule has 2 bridgehead atoms. The highest BCUT2D eigenvalue weighted by molar-refractivity contribution is 6.30. The summed E-state index contributed by atoms with van der Waals surface area (Å²) in [5, 5.41) is 1.47. The predicted octanol–water partition coefficient (Wildman–Crippen LogP) is 2.02. The number of benzene rings is 1. The lowest BCUT2D eigenvalue weighted by Crippen LogP contribution is -2.47. The van der Waals surface area contributed by atoms with E-state index in [1.807, 2.05) is 0 Å². The zero-order valence-electron chi connectivity index (χ0n) is 11.8. The van der Waals surface area contributed by atoms with Crippen molar-refractivity contribution in [1.82, 2.24) is 10.4 Å². The Hall–Kier alpha value is -1.88. The van der Waals surface area contributed by atoms with E-state index in [9.17, 15) is 14.4 Å². The van der Waals surface area contributed by atoms with Crippen molar-refractivity contribution in [2.45, 2.75) is 19.3 Å². The summed E-state index contributed by atoms with van der Waals surface area (Å²) >= 11 is 5.79. The maximum Gasteiger partial charge on any atom is 0.270 e. The van der Waals surface area contributed by atoms with E-state index in [4.69, 9.17) is 11.6 Å². The first-order chi connectivity index (χ1) is 10.6. The first kappa shape index (κ1) is 13.8. The number of carbonyl (C=O) groups is 3.